The summed E-state index contributed by atoms with van der Waals surface area (Å²) in [5.41, 5.74) is 0. The van der Waals surface area contributed by atoms with Gasteiger partial charge in [-0.1, -0.05) is 30.0 Å². The minimum atomic E-state index is -2.96. The first-order valence-corrected chi connectivity index (χ1v) is 9.54. The predicted molar refractivity (Wildman–Crippen MR) is 86.0 cm³/mol. The molecule has 1 aromatic rings. The van der Waals surface area contributed by atoms with Crippen LogP contribution in [-0.2, 0) is 14.6 Å². The van der Waals surface area contributed by atoms with Crippen molar-refractivity contribution in [2.24, 2.45) is 4.99 Å². The van der Waals surface area contributed by atoms with Gasteiger partial charge in [-0.15, -0.1) is 0 Å². The Morgan fingerprint density at radius 3 is 2.77 bits per heavy atom. The minimum Gasteiger partial charge on any atom is -0.484 e. The predicted octanol–water partition coefficient (Wildman–Crippen LogP) is 0.792. The Morgan fingerprint density at radius 2 is 2.09 bits per heavy atom. The quantitative estimate of drug-likeness (QED) is 0.810. The fourth-order valence-corrected chi connectivity index (χ4v) is 6.55. The second kappa shape index (κ2) is 5.92. The molecule has 0 N–H and O–H groups in total. The summed E-state index contributed by atoms with van der Waals surface area (Å²) in [4.78, 5) is 17.7. The van der Waals surface area contributed by atoms with Gasteiger partial charge in [-0.2, -0.15) is 4.99 Å². The molecule has 2 fully saturated rings. The van der Waals surface area contributed by atoms with E-state index in [0.717, 1.165) is 0 Å². The summed E-state index contributed by atoms with van der Waals surface area (Å²) in [7, 11) is -1.18. The molecular formula is C14H16N2O4S2. The van der Waals surface area contributed by atoms with Crippen molar-refractivity contribution in [1.82, 2.24) is 4.90 Å². The fourth-order valence-electron chi connectivity index (χ4n) is 2.54. The van der Waals surface area contributed by atoms with E-state index in [9.17, 15) is 13.2 Å². The summed E-state index contributed by atoms with van der Waals surface area (Å²) < 4.78 is 28.6. The zero-order chi connectivity index (χ0) is 15.7. The smallest absolute Gasteiger partial charge is 0.285 e. The minimum absolute atomic E-state index is 0.0309. The third-order valence-electron chi connectivity index (χ3n) is 3.65. The molecule has 8 heteroatoms. The van der Waals surface area contributed by atoms with E-state index in [1.165, 1.54) is 11.8 Å². The molecule has 0 aromatic heterocycles. The van der Waals surface area contributed by atoms with Gasteiger partial charge in [-0.3, -0.25) is 4.79 Å². The SMILES string of the molecule is CN1C(=NC(=O)COc2ccccc2)SC2CS(=O)(=O)CC21. The van der Waals surface area contributed by atoms with E-state index in [2.05, 4.69) is 4.99 Å². The van der Waals surface area contributed by atoms with Crippen LogP contribution >= 0.6 is 11.8 Å². The maximum absolute atomic E-state index is 11.9. The Morgan fingerprint density at radius 1 is 1.36 bits per heavy atom. The molecule has 1 aromatic carbocycles. The first-order valence-electron chi connectivity index (χ1n) is 6.84. The van der Waals surface area contributed by atoms with E-state index >= 15 is 0 Å². The summed E-state index contributed by atoms with van der Waals surface area (Å²) in [6.07, 6.45) is 0. The lowest BCUT2D eigenvalue weighted by atomic mass is 10.2. The van der Waals surface area contributed by atoms with Gasteiger partial charge >= 0.3 is 0 Å². The van der Waals surface area contributed by atoms with Crippen molar-refractivity contribution in [3.8, 4) is 5.75 Å². The number of sulfone groups is 1. The van der Waals surface area contributed by atoms with Crippen LogP contribution in [-0.4, -0.2) is 60.8 Å². The topological polar surface area (TPSA) is 76.0 Å². The van der Waals surface area contributed by atoms with E-state index in [1.807, 2.05) is 18.2 Å². The highest BCUT2D eigenvalue weighted by Crippen LogP contribution is 2.36. The highest BCUT2D eigenvalue weighted by atomic mass is 32.2. The molecule has 2 aliphatic rings. The number of thioether (sulfide) groups is 1. The third-order valence-corrected chi connectivity index (χ3v) is 6.95. The Balaban J connectivity index is 1.60. The number of hydrogen-bond donors (Lipinski definition) is 0. The standard InChI is InChI=1S/C14H16N2O4S2/c1-16-11-8-22(18,19)9-12(11)21-14(16)15-13(17)7-20-10-5-3-2-4-6-10/h2-6,11-12H,7-9H2,1H3. The molecule has 2 aliphatic heterocycles. The molecule has 2 atom stereocenters. The van der Waals surface area contributed by atoms with Crippen molar-refractivity contribution in [1.29, 1.82) is 0 Å². The van der Waals surface area contributed by atoms with Gasteiger partial charge in [0.05, 0.1) is 17.5 Å². The number of aliphatic imine (C=N–C) groups is 1. The second-order valence-corrected chi connectivity index (χ2v) is 8.66. The van der Waals surface area contributed by atoms with Gasteiger partial charge in [0, 0.05) is 12.3 Å². The van der Waals surface area contributed by atoms with Crippen molar-refractivity contribution in [2.45, 2.75) is 11.3 Å². The van der Waals surface area contributed by atoms with E-state index < -0.39 is 9.84 Å². The molecule has 0 radical (unpaired) electrons. The van der Waals surface area contributed by atoms with Gasteiger partial charge in [0.15, 0.2) is 21.6 Å². The monoisotopic (exact) mass is 340 g/mol. The van der Waals surface area contributed by atoms with Crippen LogP contribution in [0.2, 0.25) is 0 Å². The van der Waals surface area contributed by atoms with Gasteiger partial charge in [0.1, 0.15) is 5.75 Å². The molecule has 6 nitrogen and oxygen atoms in total. The normalized spacial score (nSPS) is 27.9. The summed E-state index contributed by atoms with van der Waals surface area (Å²) in [6.45, 7) is -0.129. The average molecular weight is 340 g/mol. The lowest BCUT2D eigenvalue weighted by molar-refractivity contribution is -0.119. The number of para-hydroxylation sites is 1. The van der Waals surface area contributed by atoms with Crippen molar-refractivity contribution in [3.63, 3.8) is 0 Å². The van der Waals surface area contributed by atoms with Crippen molar-refractivity contribution in [2.75, 3.05) is 25.2 Å². The number of benzene rings is 1. The molecule has 2 unspecified atom stereocenters. The number of amidine groups is 1. The van der Waals surface area contributed by atoms with Crippen LogP contribution in [0.4, 0.5) is 0 Å². The first kappa shape index (κ1) is 15.4. The van der Waals surface area contributed by atoms with Gasteiger partial charge in [0.2, 0.25) is 0 Å². The Hall–Kier alpha value is -1.54. The fraction of sp³-hybridized carbons (Fsp3) is 0.429. The Bertz CT molecular complexity index is 703. The number of hydrogen-bond acceptors (Lipinski definition) is 5. The molecule has 0 spiro atoms. The lowest BCUT2D eigenvalue weighted by Gasteiger charge is -2.17. The van der Waals surface area contributed by atoms with Crippen LogP contribution in [0.15, 0.2) is 35.3 Å². The van der Waals surface area contributed by atoms with Crippen LogP contribution < -0.4 is 4.74 Å². The van der Waals surface area contributed by atoms with Gasteiger partial charge in [-0.25, -0.2) is 8.42 Å². The number of carbonyl (C=O) groups excluding carboxylic acids is 1. The Kier molecular flexibility index (Phi) is 4.14. The number of fused-ring (bicyclic) bond motifs is 1. The van der Waals surface area contributed by atoms with E-state index in [0.29, 0.717) is 10.9 Å². The first-order chi connectivity index (χ1) is 10.4. The van der Waals surface area contributed by atoms with E-state index in [-0.39, 0.29) is 35.3 Å². The molecule has 2 saturated heterocycles. The molecule has 0 bridgehead atoms. The summed E-state index contributed by atoms with van der Waals surface area (Å²) in [6, 6.07) is 8.97. The molecule has 118 valence electrons. The molecule has 3 rings (SSSR count). The molecule has 1 amide bonds. The van der Waals surface area contributed by atoms with Crippen LogP contribution in [0.5, 0.6) is 5.75 Å². The summed E-state index contributed by atoms with van der Waals surface area (Å²) >= 11 is 1.36. The van der Waals surface area contributed by atoms with Gasteiger partial charge in [0.25, 0.3) is 5.91 Å². The maximum Gasteiger partial charge on any atom is 0.285 e. The molecular weight excluding hydrogens is 324 g/mol. The molecule has 2 heterocycles. The van der Waals surface area contributed by atoms with Crippen molar-refractivity contribution >= 4 is 32.7 Å². The van der Waals surface area contributed by atoms with E-state index in [4.69, 9.17) is 4.74 Å². The maximum atomic E-state index is 11.9. The summed E-state index contributed by atoms with van der Waals surface area (Å²) in [5.74, 6) is 0.530. The second-order valence-electron chi connectivity index (χ2n) is 5.30. The lowest BCUT2D eigenvalue weighted by Crippen LogP contribution is -2.34. The van der Waals surface area contributed by atoms with Crippen LogP contribution in [0.3, 0.4) is 0 Å². The van der Waals surface area contributed by atoms with Crippen LogP contribution in [0, 0.1) is 0 Å². The number of ether oxygens (including phenoxy) is 1. The highest BCUT2D eigenvalue weighted by molar-refractivity contribution is 8.15. The van der Waals surface area contributed by atoms with Crippen LogP contribution in [0.25, 0.3) is 0 Å². The molecule has 0 saturated carbocycles. The summed E-state index contributed by atoms with van der Waals surface area (Å²) in [5, 5.41) is 0.545. The number of amides is 1. The number of carbonyl (C=O) groups is 1. The van der Waals surface area contributed by atoms with Gasteiger partial charge < -0.3 is 9.64 Å². The largest absolute Gasteiger partial charge is 0.484 e. The average Bonchev–Trinajstić information content (AvgIpc) is 2.92. The Labute approximate surface area is 133 Å². The molecule has 22 heavy (non-hydrogen) atoms. The van der Waals surface area contributed by atoms with Crippen LogP contribution in [0.1, 0.15) is 0 Å². The number of rotatable bonds is 3. The third kappa shape index (κ3) is 3.27. The highest BCUT2D eigenvalue weighted by Gasteiger charge is 2.47. The van der Waals surface area contributed by atoms with Gasteiger partial charge in [-0.05, 0) is 12.1 Å². The number of nitrogens with zero attached hydrogens (tertiary/aromatic N) is 2. The zero-order valence-corrected chi connectivity index (χ0v) is 13.6. The van der Waals surface area contributed by atoms with Crippen molar-refractivity contribution < 1.29 is 17.9 Å². The molecule has 0 aliphatic carbocycles. The van der Waals surface area contributed by atoms with E-state index in [1.54, 1.807) is 24.1 Å². The zero-order valence-electron chi connectivity index (χ0n) is 12.0. The van der Waals surface area contributed by atoms with Crippen molar-refractivity contribution in [3.05, 3.63) is 30.3 Å².